The van der Waals surface area contributed by atoms with Gasteiger partial charge in [0.2, 0.25) is 0 Å². The molecule has 0 aliphatic rings. The van der Waals surface area contributed by atoms with Crippen LogP contribution in [0.15, 0.2) is 28.7 Å². The summed E-state index contributed by atoms with van der Waals surface area (Å²) in [6.07, 6.45) is 2.41. The summed E-state index contributed by atoms with van der Waals surface area (Å²) in [5.41, 5.74) is 1.65. The van der Waals surface area contributed by atoms with Gasteiger partial charge in [0.05, 0.1) is 0 Å². The molecule has 0 atom stereocenters. The second kappa shape index (κ2) is 2.93. The normalized spacial score (nSPS) is 9.20. The number of rotatable bonds is 0. The van der Waals surface area contributed by atoms with E-state index < -0.39 is 0 Å². The predicted octanol–water partition coefficient (Wildman–Crippen LogP) is 1.63. The molecule has 2 nitrogen and oxygen atoms in total. The number of oxazole rings is 1. The maximum atomic E-state index is 4.88. The minimum Gasteiger partial charge on any atom is -0.432 e. The maximum absolute atomic E-state index is 4.88. The minimum atomic E-state index is 0. The molecule has 0 spiro atoms. The van der Waals surface area contributed by atoms with E-state index in [2.05, 4.69) is 11.4 Å². The Labute approximate surface area is 71.0 Å². The molecule has 2 rings (SSSR count). The van der Waals surface area contributed by atoms with E-state index in [1.54, 1.807) is 0 Å². The molecule has 0 saturated carbocycles. The Morgan fingerprint density at radius 1 is 1.30 bits per heavy atom. The Bertz CT molecular complexity index is 288. The van der Waals surface area contributed by atoms with Crippen LogP contribution in [0, 0.1) is 6.39 Å². The van der Waals surface area contributed by atoms with Gasteiger partial charge >= 0.3 is 0 Å². The molecular weight excluding hydrogens is 179 g/mol. The first-order valence-corrected chi connectivity index (χ1v) is 2.68. The number of fused-ring (bicyclic) bond motifs is 1. The first-order chi connectivity index (χ1) is 4.47. The Hall–Kier alpha value is -0.687. The standard InChI is InChI=1S/C7H4NO.Zn/c1-2-4-7-6(3-1)8-5-9-7;/h1-4H;. The number of aromatic nitrogens is 1. The molecule has 0 fully saturated rings. The summed E-state index contributed by atoms with van der Waals surface area (Å²) in [4.78, 5) is 3.83. The number of hydrogen-bond donors (Lipinski definition) is 0. The van der Waals surface area contributed by atoms with Crippen LogP contribution in [0.4, 0.5) is 0 Å². The van der Waals surface area contributed by atoms with Crippen molar-refractivity contribution in [3.8, 4) is 0 Å². The second-order valence-corrected chi connectivity index (χ2v) is 1.77. The molecule has 45 valence electrons. The van der Waals surface area contributed by atoms with Gasteiger partial charge in [-0.15, -0.1) is 0 Å². The third-order valence-corrected chi connectivity index (χ3v) is 1.19. The van der Waals surface area contributed by atoms with Crippen LogP contribution in [0.3, 0.4) is 0 Å². The zero-order valence-electron chi connectivity index (χ0n) is 5.37. The fourth-order valence-corrected chi connectivity index (χ4v) is 0.757. The molecule has 3 heteroatoms. The Morgan fingerprint density at radius 3 is 2.90 bits per heavy atom. The van der Waals surface area contributed by atoms with Crippen molar-refractivity contribution in [2.24, 2.45) is 0 Å². The molecular formula is C7H4NOZn. The molecule has 1 aromatic heterocycles. The van der Waals surface area contributed by atoms with Crippen molar-refractivity contribution >= 4 is 11.1 Å². The Balaban J connectivity index is 0.000000500. The van der Waals surface area contributed by atoms with E-state index in [9.17, 15) is 0 Å². The van der Waals surface area contributed by atoms with Crippen LogP contribution in [-0.2, 0) is 19.5 Å². The first-order valence-electron chi connectivity index (χ1n) is 2.68. The van der Waals surface area contributed by atoms with Gasteiger partial charge in [0, 0.05) is 19.5 Å². The van der Waals surface area contributed by atoms with Crippen molar-refractivity contribution in [1.29, 1.82) is 0 Å². The van der Waals surface area contributed by atoms with Gasteiger partial charge in [0.25, 0.3) is 6.39 Å². The van der Waals surface area contributed by atoms with Gasteiger partial charge in [-0.3, -0.25) is 0 Å². The zero-order valence-corrected chi connectivity index (χ0v) is 8.34. The summed E-state index contributed by atoms with van der Waals surface area (Å²) >= 11 is 0. The van der Waals surface area contributed by atoms with Gasteiger partial charge in [0.15, 0.2) is 5.58 Å². The molecule has 0 bridgehead atoms. The van der Waals surface area contributed by atoms with E-state index in [1.807, 2.05) is 24.3 Å². The van der Waals surface area contributed by atoms with E-state index in [-0.39, 0.29) is 19.5 Å². The van der Waals surface area contributed by atoms with Crippen LogP contribution in [0.2, 0.25) is 0 Å². The molecule has 10 heavy (non-hydrogen) atoms. The smallest absolute Gasteiger partial charge is 0.284 e. The summed E-state index contributed by atoms with van der Waals surface area (Å²) in [5, 5.41) is 0. The van der Waals surface area contributed by atoms with E-state index >= 15 is 0 Å². The third kappa shape index (κ3) is 1.10. The number of nitrogens with zero attached hydrogens (tertiary/aromatic N) is 1. The number of para-hydroxylation sites is 2. The topological polar surface area (TPSA) is 26.0 Å². The third-order valence-electron chi connectivity index (χ3n) is 1.19. The number of hydrogen-bond acceptors (Lipinski definition) is 2. The average Bonchev–Trinajstić information content (AvgIpc) is 2.33. The van der Waals surface area contributed by atoms with Crippen molar-refractivity contribution in [3.05, 3.63) is 30.7 Å². The molecule has 0 aliphatic carbocycles. The van der Waals surface area contributed by atoms with Crippen LogP contribution >= 0.6 is 0 Å². The molecule has 1 heterocycles. The van der Waals surface area contributed by atoms with Crippen LogP contribution in [-0.4, -0.2) is 4.98 Å². The summed E-state index contributed by atoms with van der Waals surface area (Å²) in [6, 6.07) is 7.56. The minimum absolute atomic E-state index is 0. The summed E-state index contributed by atoms with van der Waals surface area (Å²) in [5.74, 6) is 0. The van der Waals surface area contributed by atoms with E-state index in [1.165, 1.54) is 0 Å². The largest absolute Gasteiger partial charge is 0.432 e. The van der Waals surface area contributed by atoms with Gasteiger partial charge < -0.3 is 4.42 Å². The van der Waals surface area contributed by atoms with Gasteiger partial charge in [0.1, 0.15) is 5.52 Å². The average molecular weight is 184 g/mol. The van der Waals surface area contributed by atoms with Gasteiger partial charge in [-0.05, 0) is 12.1 Å². The summed E-state index contributed by atoms with van der Waals surface area (Å²) in [6.45, 7) is 0. The van der Waals surface area contributed by atoms with E-state index in [0.29, 0.717) is 0 Å². The molecule has 1 radical (unpaired) electrons. The van der Waals surface area contributed by atoms with E-state index in [0.717, 1.165) is 11.1 Å². The van der Waals surface area contributed by atoms with Crippen molar-refractivity contribution in [2.75, 3.05) is 0 Å². The van der Waals surface area contributed by atoms with Crippen LogP contribution in [0.5, 0.6) is 0 Å². The first kappa shape index (κ1) is 7.42. The molecule has 0 saturated heterocycles. The fraction of sp³-hybridized carbons (Fsp3) is 0. The predicted molar refractivity (Wildman–Crippen MR) is 32.8 cm³/mol. The van der Waals surface area contributed by atoms with Crippen molar-refractivity contribution in [3.63, 3.8) is 0 Å². The Kier molecular flexibility index (Phi) is 2.18. The van der Waals surface area contributed by atoms with Crippen molar-refractivity contribution in [1.82, 2.24) is 4.98 Å². The quantitative estimate of drug-likeness (QED) is 0.580. The number of benzene rings is 1. The summed E-state index contributed by atoms with van der Waals surface area (Å²) in [7, 11) is 0. The van der Waals surface area contributed by atoms with Crippen molar-refractivity contribution < 1.29 is 23.9 Å². The van der Waals surface area contributed by atoms with E-state index in [4.69, 9.17) is 4.42 Å². The van der Waals surface area contributed by atoms with Crippen molar-refractivity contribution in [2.45, 2.75) is 0 Å². The molecule has 2 aromatic rings. The van der Waals surface area contributed by atoms with Crippen LogP contribution in [0.1, 0.15) is 0 Å². The van der Waals surface area contributed by atoms with Gasteiger partial charge in [-0.2, -0.15) is 0 Å². The summed E-state index contributed by atoms with van der Waals surface area (Å²) < 4.78 is 4.88. The van der Waals surface area contributed by atoms with Gasteiger partial charge in [-0.25, -0.2) is 4.98 Å². The Morgan fingerprint density at radius 2 is 2.10 bits per heavy atom. The zero-order chi connectivity index (χ0) is 6.10. The maximum Gasteiger partial charge on any atom is 0.284 e. The monoisotopic (exact) mass is 182 g/mol. The van der Waals surface area contributed by atoms with Crippen LogP contribution < -0.4 is 0 Å². The fourth-order valence-electron chi connectivity index (χ4n) is 0.757. The molecule has 0 aliphatic heterocycles. The molecule has 0 amide bonds. The molecule has 1 aromatic carbocycles. The molecule has 0 unspecified atom stereocenters. The van der Waals surface area contributed by atoms with Crippen LogP contribution in [0.25, 0.3) is 11.1 Å². The molecule has 0 N–H and O–H groups in total. The van der Waals surface area contributed by atoms with Gasteiger partial charge in [-0.1, -0.05) is 12.1 Å². The SMILES string of the molecule is [Zn].[c]1nc2ccccc2o1. The second-order valence-electron chi connectivity index (χ2n) is 1.77.